The molecule has 1 atom stereocenters. The summed E-state index contributed by atoms with van der Waals surface area (Å²) in [5.41, 5.74) is 2.09. The van der Waals surface area contributed by atoms with Gasteiger partial charge in [0, 0.05) is 24.2 Å². The molecule has 1 unspecified atom stereocenters. The first-order chi connectivity index (χ1) is 9.24. The summed E-state index contributed by atoms with van der Waals surface area (Å²) in [7, 11) is 1.89. The Balaban J connectivity index is 1.66. The molecule has 0 saturated heterocycles. The quantitative estimate of drug-likeness (QED) is 0.924. The van der Waals surface area contributed by atoms with Crippen LogP contribution >= 0.6 is 11.6 Å². The monoisotopic (exact) mass is 278 g/mol. The minimum absolute atomic E-state index is 0.0950. The van der Waals surface area contributed by atoms with Gasteiger partial charge in [-0.3, -0.25) is 0 Å². The topological polar surface area (TPSA) is 52.0 Å². The van der Waals surface area contributed by atoms with E-state index in [1.54, 1.807) is 0 Å². The van der Waals surface area contributed by atoms with Gasteiger partial charge < -0.3 is 10.1 Å². The predicted octanol–water partition coefficient (Wildman–Crippen LogP) is 1.65. The van der Waals surface area contributed by atoms with E-state index >= 15 is 0 Å². The van der Waals surface area contributed by atoms with Crippen molar-refractivity contribution < 1.29 is 4.74 Å². The molecule has 0 spiro atoms. The van der Waals surface area contributed by atoms with Crippen LogP contribution in [0.4, 0.5) is 0 Å². The van der Waals surface area contributed by atoms with Crippen LogP contribution in [0.15, 0.2) is 24.4 Å². The van der Waals surface area contributed by atoms with Gasteiger partial charge in [-0.15, -0.1) is 5.10 Å². The number of halogens is 1. The Bertz CT molecular complexity index is 584. The molecule has 100 valence electrons. The molecule has 1 aromatic carbocycles. The van der Waals surface area contributed by atoms with Crippen LogP contribution in [0.2, 0.25) is 5.02 Å². The summed E-state index contributed by atoms with van der Waals surface area (Å²) in [5, 5.41) is 12.0. The van der Waals surface area contributed by atoms with Crippen molar-refractivity contribution >= 4 is 11.6 Å². The van der Waals surface area contributed by atoms with Crippen molar-refractivity contribution in [3.63, 3.8) is 0 Å². The summed E-state index contributed by atoms with van der Waals surface area (Å²) in [6, 6.07) is 5.74. The maximum absolute atomic E-state index is 5.98. The molecule has 0 amide bonds. The number of rotatable bonds is 4. The SMILES string of the molecule is CNCc1cn(CC2Cc3cc(Cl)ccc3O2)nn1. The van der Waals surface area contributed by atoms with Crippen molar-refractivity contribution in [3.8, 4) is 5.75 Å². The van der Waals surface area contributed by atoms with E-state index in [1.807, 2.05) is 36.1 Å². The summed E-state index contributed by atoms with van der Waals surface area (Å²) >= 11 is 5.98. The molecule has 0 radical (unpaired) electrons. The first-order valence-corrected chi connectivity index (χ1v) is 6.61. The zero-order chi connectivity index (χ0) is 13.2. The Morgan fingerprint density at radius 1 is 1.53 bits per heavy atom. The maximum atomic E-state index is 5.98. The van der Waals surface area contributed by atoms with E-state index in [9.17, 15) is 0 Å². The van der Waals surface area contributed by atoms with E-state index in [4.69, 9.17) is 16.3 Å². The highest BCUT2D eigenvalue weighted by Gasteiger charge is 2.23. The fourth-order valence-corrected chi connectivity index (χ4v) is 2.48. The van der Waals surface area contributed by atoms with Crippen molar-refractivity contribution in [2.24, 2.45) is 0 Å². The van der Waals surface area contributed by atoms with Crippen molar-refractivity contribution in [1.82, 2.24) is 20.3 Å². The third-order valence-corrected chi connectivity index (χ3v) is 3.33. The van der Waals surface area contributed by atoms with Crippen LogP contribution in [-0.4, -0.2) is 28.1 Å². The van der Waals surface area contributed by atoms with E-state index in [2.05, 4.69) is 15.6 Å². The molecule has 2 aromatic rings. The largest absolute Gasteiger partial charge is 0.488 e. The third-order valence-electron chi connectivity index (χ3n) is 3.10. The molecule has 1 aliphatic heterocycles. The van der Waals surface area contributed by atoms with E-state index in [0.717, 1.165) is 35.0 Å². The molecular weight excluding hydrogens is 264 g/mol. The number of nitrogens with one attached hydrogen (secondary N) is 1. The Hall–Kier alpha value is -1.59. The molecule has 1 aliphatic rings. The number of nitrogens with zero attached hydrogens (tertiary/aromatic N) is 3. The van der Waals surface area contributed by atoms with Gasteiger partial charge in [-0.1, -0.05) is 16.8 Å². The molecule has 0 fully saturated rings. The molecule has 0 saturated carbocycles. The first-order valence-electron chi connectivity index (χ1n) is 6.23. The van der Waals surface area contributed by atoms with Crippen LogP contribution in [0.1, 0.15) is 11.3 Å². The van der Waals surface area contributed by atoms with Gasteiger partial charge in [-0.05, 0) is 30.8 Å². The number of benzene rings is 1. The Morgan fingerprint density at radius 2 is 2.42 bits per heavy atom. The van der Waals surface area contributed by atoms with Crippen molar-refractivity contribution in [1.29, 1.82) is 0 Å². The molecule has 19 heavy (non-hydrogen) atoms. The van der Waals surface area contributed by atoms with Crippen LogP contribution in [0.25, 0.3) is 0 Å². The number of aromatic nitrogens is 3. The van der Waals surface area contributed by atoms with Gasteiger partial charge in [0.1, 0.15) is 11.9 Å². The molecule has 0 aliphatic carbocycles. The van der Waals surface area contributed by atoms with E-state index in [1.165, 1.54) is 0 Å². The Morgan fingerprint density at radius 3 is 3.26 bits per heavy atom. The van der Waals surface area contributed by atoms with Gasteiger partial charge >= 0.3 is 0 Å². The van der Waals surface area contributed by atoms with Gasteiger partial charge in [-0.25, -0.2) is 4.68 Å². The van der Waals surface area contributed by atoms with Crippen molar-refractivity contribution in [2.45, 2.75) is 25.6 Å². The molecule has 2 heterocycles. The third kappa shape index (κ3) is 2.72. The summed E-state index contributed by atoms with van der Waals surface area (Å²) in [5.74, 6) is 0.921. The average Bonchev–Trinajstić information content (AvgIpc) is 2.96. The number of fused-ring (bicyclic) bond motifs is 1. The van der Waals surface area contributed by atoms with Gasteiger partial charge in [-0.2, -0.15) is 0 Å². The molecule has 3 rings (SSSR count). The van der Waals surface area contributed by atoms with Gasteiger partial charge in [0.05, 0.1) is 12.2 Å². The lowest BCUT2D eigenvalue weighted by Gasteiger charge is -2.09. The second-order valence-corrected chi connectivity index (χ2v) is 5.09. The molecule has 0 bridgehead atoms. The van der Waals surface area contributed by atoms with Crippen LogP contribution in [0, 0.1) is 0 Å². The highest BCUT2D eigenvalue weighted by molar-refractivity contribution is 6.30. The summed E-state index contributed by atoms with van der Waals surface area (Å²) in [4.78, 5) is 0. The highest BCUT2D eigenvalue weighted by atomic mass is 35.5. The standard InChI is InChI=1S/C13H15ClN4O/c1-15-6-11-7-18(17-16-11)8-12-5-9-4-10(14)2-3-13(9)19-12/h2-4,7,12,15H,5-6,8H2,1H3. The molecule has 6 heteroatoms. The van der Waals surface area contributed by atoms with Crippen LogP contribution < -0.4 is 10.1 Å². The number of hydrogen-bond acceptors (Lipinski definition) is 4. The van der Waals surface area contributed by atoms with Gasteiger partial charge in [0.25, 0.3) is 0 Å². The lowest BCUT2D eigenvalue weighted by atomic mass is 10.1. The normalized spacial score (nSPS) is 17.3. The zero-order valence-electron chi connectivity index (χ0n) is 10.6. The first kappa shape index (κ1) is 12.4. The smallest absolute Gasteiger partial charge is 0.123 e. The Kier molecular flexibility index (Phi) is 3.40. The van der Waals surface area contributed by atoms with Crippen LogP contribution in [0.5, 0.6) is 5.75 Å². The zero-order valence-corrected chi connectivity index (χ0v) is 11.4. The highest BCUT2D eigenvalue weighted by Crippen LogP contribution is 2.31. The molecular formula is C13H15ClN4O. The minimum atomic E-state index is 0.0950. The second kappa shape index (κ2) is 5.19. The summed E-state index contributed by atoms with van der Waals surface area (Å²) in [6.07, 6.45) is 2.89. The average molecular weight is 279 g/mol. The summed E-state index contributed by atoms with van der Waals surface area (Å²) < 4.78 is 7.70. The van der Waals surface area contributed by atoms with E-state index in [-0.39, 0.29) is 6.10 Å². The Labute approximate surface area is 116 Å². The van der Waals surface area contributed by atoms with Gasteiger partial charge in [0.2, 0.25) is 0 Å². The lowest BCUT2D eigenvalue weighted by molar-refractivity contribution is 0.202. The fourth-order valence-electron chi connectivity index (χ4n) is 2.29. The van der Waals surface area contributed by atoms with Crippen molar-refractivity contribution in [2.75, 3.05) is 7.05 Å². The second-order valence-electron chi connectivity index (χ2n) is 4.66. The molecule has 1 N–H and O–H groups in total. The summed E-state index contributed by atoms with van der Waals surface area (Å²) in [6.45, 7) is 1.42. The lowest BCUT2D eigenvalue weighted by Crippen LogP contribution is -2.21. The maximum Gasteiger partial charge on any atom is 0.123 e. The molecule has 5 nitrogen and oxygen atoms in total. The number of hydrogen-bond donors (Lipinski definition) is 1. The van der Waals surface area contributed by atoms with Gasteiger partial charge in [0.15, 0.2) is 0 Å². The fraction of sp³-hybridized carbons (Fsp3) is 0.385. The van der Waals surface area contributed by atoms with Crippen molar-refractivity contribution in [3.05, 3.63) is 40.7 Å². The van der Waals surface area contributed by atoms with Crippen LogP contribution in [0.3, 0.4) is 0 Å². The predicted molar refractivity (Wildman–Crippen MR) is 72.4 cm³/mol. The van der Waals surface area contributed by atoms with Crippen LogP contribution in [-0.2, 0) is 19.5 Å². The minimum Gasteiger partial charge on any atom is -0.488 e. The molecule has 1 aromatic heterocycles. The number of ether oxygens (including phenoxy) is 1. The van der Waals surface area contributed by atoms with E-state index in [0.29, 0.717) is 6.54 Å². The van der Waals surface area contributed by atoms with E-state index < -0.39 is 0 Å².